The summed E-state index contributed by atoms with van der Waals surface area (Å²) in [5, 5.41) is 3.32. The molecule has 0 saturated heterocycles. The number of carbonyl (C=O) groups excluding carboxylic acids is 2. The highest BCUT2D eigenvalue weighted by molar-refractivity contribution is 7.92. The minimum Gasteiger partial charge on any atom is -0.493 e. The van der Waals surface area contributed by atoms with Gasteiger partial charge in [0.1, 0.15) is 12.6 Å². The van der Waals surface area contributed by atoms with E-state index in [-0.39, 0.29) is 29.1 Å². The molecule has 0 heterocycles. The van der Waals surface area contributed by atoms with E-state index in [0.717, 1.165) is 15.4 Å². The second-order valence-electron chi connectivity index (χ2n) is 10.6. The fourth-order valence-electron chi connectivity index (χ4n) is 4.84. The summed E-state index contributed by atoms with van der Waals surface area (Å²) in [6.45, 7) is 8.64. The third kappa shape index (κ3) is 8.20. The van der Waals surface area contributed by atoms with Crippen LogP contribution in [-0.2, 0) is 26.2 Å². The number of hydrogen-bond acceptors (Lipinski definition) is 6. The van der Waals surface area contributed by atoms with Crippen LogP contribution in [0.5, 0.6) is 11.5 Å². The average molecular weight is 630 g/mol. The molecule has 2 amide bonds. The number of carbonyl (C=O) groups is 2. The molecule has 0 radical (unpaired) electrons. The van der Waals surface area contributed by atoms with Crippen LogP contribution in [0.2, 0.25) is 5.02 Å². The molecule has 0 aromatic heterocycles. The van der Waals surface area contributed by atoms with Crippen molar-refractivity contribution in [3.05, 3.63) is 82.4 Å². The molecule has 43 heavy (non-hydrogen) atoms. The Morgan fingerprint density at radius 1 is 0.930 bits per heavy atom. The van der Waals surface area contributed by atoms with Crippen molar-refractivity contribution in [1.29, 1.82) is 0 Å². The molecule has 11 heteroatoms. The molecule has 0 aliphatic carbocycles. The van der Waals surface area contributed by atoms with Gasteiger partial charge >= 0.3 is 0 Å². The molecule has 3 aromatic carbocycles. The van der Waals surface area contributed by atoms with Crippen LogP contribution in [0.15, 0.2) is 65.6 Å². The van der Waals surface area contributed by atoms with E-state index in [9.17, 15) is 18.0 Å². The normalized spacial score (nSPS) is 12.0. The van der Waals surface area contributed by atoms with E-state index >= 15 is 0 Å². The molecule has 0 unspecified atom stereocenters. The van der Waals surface area contributed by atoms with Gasteiger partial charge in [-0.15, -0.1) is 0 Å². The summed E-state index contributed by atoms with van der Waals surface area (Å²) in [5.74, 6) is -0.303. The molecule has 3 rings (SSSR count). The minimum absolute atomic E-state index is 0.0135. The Morgan fingerprint density at radius 3 is 2.12 bits per heavy atom. The second kappa shape index (κ2) is 14.6. The zero-order valence-electron chi connectivity index (χ0n) is 25.7. The molecule has 0 fully saturated rings. The monoisotopic (exact) mass is 629 g/mol. The lowest BCUT2D eigenvalue weighted by Crippen LogP contribution is -2.53. The van der Waals surface area contributed by atoms with E-state index < -0.39 is 28.5 Å². The van der Waals surface area contributed by atoms with E-state index in [4.69, 9.17) is 21.1 Å². The third-order valence-electron chi connectivity index (χ3n) is 6.83. The van der Waals surface area contributed by atoms with Gasteiger partial charge in [0.25, 0.3) is 10.0 Å². The van der Waals surface area contributed by atoms with Crippen LogP contribution in [0.25, 0.3) is 0 Å². The predicted molar refractivity (Wildman–Crippen MR) is 169 cm³/mol. The first kappa shape index (κ1) is 33.7. The number of ether oxygens (including phenoxy) is 2. The summed E-state index contributed by atoms with van der Waals surface area (Å²) in [5.41, 5.74) is 2.60. The minimum atomic E-state index is -4.30. The number of anilines is 1. The maximum absolute atomic E-state index is 14.3. The number of hydrogen-bond donors (Lipinski definition) is 1. The molecule has 0 spiro atoms. The first-order valence-corrected chi connectivity index (χ1v) is 15.8. The SMILES string of the molecule is CC[C@H](C(=O)NC(C)C)N(Cc1ccccc1Cl)C(=O)CN(c1cc(C)cc(C)c1)S(=O)(=O)c1ccc(OC)c(OC)c1. The molecule has 9 nitrogen and oxygen atoms in total. The largest absolute Gasteiger partial charge is 0.493 e. The summed E-state index contributed by atoms with van der Waals surface area (Å²) in [4.78, 5) is 28.9. The Balaban J connectivity index is 2.15. The van der Waals surface area contributed by atoms with Crippen LogP contribution >= 0.6 is 11.6 Å². The molecule has 1 N–H and O–H groups in total. The fourth-order valence-corrected chi connectivity index (χ4v) is 6.45. The standard InChI is InChI=1S/C32H40ClN3O6S/c1-8-28(32(38)34-21(2)3)35(19-24-11-9-10-12-27(24)33)31(37)20-36(25-16-22(4)15-23(5)17-25)43(39,40)26-13-14-29(41-6)30(18-26)42-7/h9-18,21,28H,8,19-20H2,1-7H3,(H,34,38)/t28-/m1/s1. The van der Waals surface area contributed by atoms with Crippen molar-refractivity contribution in [2.45, 2.75) is 64.6 Å². The van der Waals surface area contributed by atoms with E-state index in [1.165, 1.54) is 37.3 Å². The quantitative estimate of drug-likeness (QED) is 0.268. The summed E-state index contributed by atoms with van der Waals surface area (Å²) in [6, 6.07) is 15.6. The number of rotatable bonds is 13. The highest BCUT2D eigenvalue weighted by atomic mass is 35.5. The van der Waals surface area contributed by atoms with E-state index in [2.05, 4.69) is 5.32 Å². The smallest absolute Gasteiger partial charge is 0.264 e. The van der Waals surface area contributed by atoms with Crippen molar-refractivity contribution >= 4 is 39.1 Å². The summed E-state index contributed by atoms with van der Waals surface area (Å²) >= 11 is 6.46. The maximum Gasteiger partial charge on any atom is 0.264 e. The van der Waals surface area contributed by atoms with Crippen LogP contribution in [0.1, 0.15) is 43.9 Å². The van der Waals surface area contributed by atoms with Crippen LogP contribution in [0, 0.1) is 13.8 Å². The Morgan fingerprint density at radius 2 is 1.56 bits per heavy atom. The first-order valence-electron chi connectivity index (χ1n) is 14.0. The van der Waals surface area contributed by atoms with Crippen molar-refractivity contribution in [3.63, 3.8) is 0 Å². The van der Waals surface area contributed by atoms with Crippen molar-refractivity contribution in [3.8, 4) is 11.5 Å². The van der Waals surface area contributed by atoms with Gasteiger partial charge in [-0.25, -0.2) is 8.42 Å². The number of methoxy groups -OCH3 is 2. The van der Waals surface area contributed by atoms with Gasteiger partial charge in [0.05, 0.1) is 24.8 Å². The third-order valence-corrected chi connectivity index (χ3v) is 8.97. The van der Waals surface area contributed by atoms with Gasteiger partial charge in [0.15, 0.2) is 11.5 Å². The molecule has 232 valence electrons. The van der Waals surface area contributed by atoms with Crippen LogP contribution in [-0.4, -0.2) is 58.0 Å². The summed E-state index contributed by atoms with van der Waals surface area (Å²) < 4.78 is 40.3. The van der Waals surface area contributed by atoms with Gasteiger partial charge in [-0.3, -0.25) is 13.9 Å². The van der Waals surface area contributed by atoms with Crippen LogP contribution in [0.3, 0.4) is 0 Å². The molecule has 1 atom stereocenters. The molecule has 3 aromatic rings. The number of amides is 2. The molecule has 0 aliphatic rings. The molecule has 0 bridgehead atoms. The molecular weight excluding hydrogens is 590 g/mol. The number of nitrogens with zero attached hydrogens (tertiary/aromatic N) is 2. The zero-order valence-corrected chi connectivity index (χ0v) is 27.3. The van der Waals surface area contributed by atoms with Gasteiger partial charge < -0.3 is 19.7 Å². The average Bonchev–Trinajstić information content (AvgIpc) is 2.95. The molecular formula is C32H40ClN3O6S. The summed E-state index contributed by atoms with van der Waals surface area (Å²) in [7, 11) is -1.43. The van der Waals surface area contributed by atoms with Gasteiger partial charge in [0, 0.05) is 23.7 Å². The van der Waals surface area contributed by atoms with E-state index in [1.54, 1.807) is 43.3 Å². The number of sulfonamides is 1. The Kier molecular flexibility index (Phi) is 11.5. The van der Waals surface area contributed by atoms with Crippen molar-refractivity contribution in [2.24, 2.45) is 0 Å². The second-order valence-corrected chi connectivity index (χ2v) is 12.8. The number of nitrogens with one attached hydrogen (secondary N) is 1. The maximum atomic E-state index is 14.3. The van der Waals surface area contributed by atoms with Crippen molar-refractivity contribution in [2.75, 3.05) is 25.1 Å². The topological polar surface area (TPSA) is 105 Å². The predicted octanol–water partition coefficient (Wildman–Crippen LogP) is 5.50. The van der Waals surface area contributed by atoms with Crippen molar-refractivity contribution in [1.82, 2.24) is 10.2 Å². The Labute approximate surface area is 259 Å². The fraction of sp³-hybridized carbons (Fsp3) is 0.375. The molecule has 0 aliphatic heterocycles. The van der Waals surface area contributed by atoms with Crippen molar-refractivity contribution < 1.29 is 27.5 Å². The Hall–Kier alpha value is -3.76. The van der Waals surface area contributed by atoms with Crippen LogP contribution in [0.4, 0.5) is 5.69 Å². The number of halogens is 1. The lowest BCUT2D eigenvalue weighted by molar-refractivity contribution is -0.140. The lowest BCUT2D eigenvalue weighted by Gasteiger charge is -2.34. The number of aryl methyl sites for hydroxylation is 2. The van der Waals surface area contributed by atoms with E-state index in [0.29, 0.717) is 28.4 Å². The zero-order chi connectivity index (χ0) is 31.9. The number of benzene rings is 3. The lowest BCUT2D eigenvalue weighted by atomic mass is 10.1. The van der Waals surface area contributed by atoms with Crippen LogP contribution < -0.4 is 19.1 Å². The van der Waals surface area contributed by atoms with Gasteiger partial charge in [-0.1, -0.05) is 42.8 Å². The first-order chi connectivity index (χ1) is 20.3. The van der Waals surface area contributed by atoms with E-state index in [1.807, 2.05) is 33.8 Å². The van der Waals surface area contributed by atoms with Gasteiger partial charge in [-0.05, 0) is 81.1 Å². The molecule has 0 saturated carbocycles. The highest BCUT2D eigenvalue weighted by Crippen LogP contribution is 2.33. The summed E-state index contributed by atoms with van der Waals surface area (Å²) in [6.07, 6.45) is 0.306. The van der Waals surface area contributed by atoms with Gasteiger partial charge in [-0.2, -0.15) is 0 Å². The Bertz CT molecular complexity index is 1540. The highest BCUT2D eigenvalue weighted by Gasteiger charge is 2.34. The van der Waals surface area contributed by atoms with Gasteiger partial charge in [0.2, 0.25) is 11.8 Å².